The fourth-order valence-electron chi connectivity index (χ4n) is 2.52. The summed E-state index contributed by atoms with van der Waals surface area (Å²) in [6.45, 7) is 11.1. The Labute approximate surface area is 132 Å². The quantitative estimate of drug-likeness (QED) is 0.740. The van der Waals surface area contributed by atoms with Gasteiger partial charge >= 0.3 is 0 Å². The van der Waals surface area contributed by atoms with Crippen molar-refractivity contribution in [3.63, 3.8) is 0 Å². The monoisotopic (exact) mass is 308 g/mol. The Bertz CT molecular complexity index is 467. The van der Waals surface area contributed by atoms with Crippen LogP contribution in [0, 0.1) is 11.8 Å². The van der Waals surface area contributed by atoms with Gasteiger partial charge in [-0.2, -0.15) is 0 Å². The van der Waals surface area contributed by atoms with E-state index in [0.717, 1.165) is 41.6 Å². The van der Waals surface area contributed by atoms with Gasteiger partial charge in [0.25, 0.3) is 0 Å². The minimum atomic E-state index is 0.299. The van der Waals surface area contributed by atoms with Gasteiger partial charge in [0.1, 0.15) is 0 Å². The molecule has 0 saturated carbocycles. The highest BCUT2D eigenvalue weighted by molar-refractivity contribution is 7.17. The smallest absolute Gasteiger partial charge is 0.186 e. The summed E-state index contributed by atoms with van der Waals surface area (Å²) in [6, 6.07) is 0. The van der Waals surface area contributed by atoms with Crippen LogP contribution in [0.2, 0.25) is 0 Å². The van der Waals surface area contributed by atoms with Crippen LogP contribution >= 0.6 is 11.3 Å². The Kier molecular flexibility index (Phi) is 5.80. The van der Waals surface area contributed by atoms with Crippen LogP contribution in [-0.4, -0.2) is 23.9 Å². The molecule has 2 rings (SSSR count). The van der Waals surface area contributed by atoms with Gasteiger partial charge in [0.15, 0.2) is 10.9 Å². The molecule has 0 unspecified atom stereocenters. The van der Waals surface area contributed by atoms with E-state index in [0.29, 0.717) is 24.0 Å². The van der Waals surface area contributed by atoms with Crippen molar-refractivity contribution in [1.29, 1.82) is 0 Å². The molecule has 4 heteroatoms. The molecule has 0 amide bonds. The molecule has 1 aromatic heterocycles. The minimum absolute atomic E-state index is 0.299. The van der Waals surface area contributed by atoms with E-state index < -0.39 is 0 Å². The number of fused-ring (bicyclic) bond motifs is 1. The van der Waals surface area contributed by atoms with E-state index in [1.54, 1.807) is 11.3 Å². The highest BCUT2D eigenvalue weighted by Crippen LogP contribution is 2.32. The molecule has 0 N–H and O–H groups in total. The third-order valence-corrected chi connectivity index (χ3v) is 5.18. The number of carbonyl (C=O) groups excluding carboxylic acids is 1. The molecule has 0 bridgehead atoms. The lowest BCUT2D eigenvalue weighted by Crippen LogP contribution is -2.27. The standard InChI is InChI=1S/C17H28N2OS/c1-12(2)8-10-19(11-9-13(3)4)17-18-14-6-5-7-15(20)16(14)21-17/h12-13H,5-11H2,1-4H3. The minimum Gasteiger partial charge on any atom is -0.348 e. The first-order valence-corrected chi connectivity index (χ1v) is 9.07. The van der Waals surface area contributed by atoms with Crippen molar-refractivity contribution in [2.45, 2.75) is 59.8 Å². The Morgan fingerprint density at radius 3 is 2.24 bits per heavy atom. The summed E-state index contributed by atoms with van der Waals surface area (Å²) in [5.74, 6) is 1.69. The molecule has 0 radical (unpaired) electrons. The van der Waals surface area contributed by atoms with Gasteiger partial charge in [0.05, 0.1) is 10.6 Å². The summed E-state index contributed by atoms with van der Waals surface area (Å²) in [7, 11) is 0. The summed E-state index contributed by atoms with van der Waals surface area (Å²) in [4.78, 5) is 20.1. The molecule has 21 heavy (non-hydrogen) atoms. The van der Waals surface area contributed by atoms with E-state index >= 15 is 0 Å². The maximum atomic E-state index is 12.0. The van der Waals surface area contributed by atoms with Gasteiger partial charge < -0.3 is 4.90 Å². The van der Waals surface area contributed by atoms with Crippen molar-refractivity contribution >= 4 is 22.3 Å². The van der Waals surface area contributed by atoms with Gasteiger partial charge in [-0.1, -0.05) is 39.0 Å². The zero-order chi connectivity index (χ0) is 15.4. The molecule has 0 atom stereocenters. The van der Waals surface area contributed by atoms with Gasteiger partial charge in [0, 0.05) is 19.5 Å². The molecule has 0 fully saturated rings. The van der Waals surface area contributed by atoms with Crippen LogP contribution in [0.15, 0.2) is 0 Å². The molecule has 1 aliphatic rings. The summed E-state index contributed by atoms with van der Waals surface area (Å²) in [6.07, 6.45) is 4.99. The zero-order valence-electron chi connectivity index (χ0n) is 13.8. The van der Waals surface area contributed by atoms with E-state index in [2.05, 4.69) is 32.6 Å². The van der Waals surface area contributed by atoms with Crippen LogP contribution in [0.1, 0.15) is 68.7 Å². The highest BCUT2D eigenvalue weighted by Gasteiger charge is 2.24. The first-order chi connectivity index (χ1) is 9.97. The van der Waals surface area contributed by atoms with Gasteiger partial charge in [-0.3, -0.25) is 4.79 Å². The normalized spacial score (nSPS) is 14.9. The third kappa shape index (κ3) is 4.53. The fourth-order valence-corrected chi connectivity index (χ4v) is 3.65. The summed E-state index contributed by atoms with van der Waals surface area (Å²) >= 11 is 1.62. The number of nitrogens with zero attached hydrogens (tertiary/aromatic N) is 2. The predicted molar refractivity (Wildman–Crippen MR) is 90.5 cm³/mol. The Morgan fingerprint density at radius 2 is 1.71 bits per heavy atom. The van der Waals surface area contributed by atoms with Crippen LogP contribution in [0.3, 0.4) is 0 Å². The number of carbonyl (C=O) groups is 1. The molecule has 3 nitrogen and oxygen atoms in total. The van der Waals surface area contributed by atoms with Crippen molar-refractivity contribution in [2.75, 3.05) is 18.0 Å². The lowest BCUT2D eigenvalue weighted by molar-refractivity contribution is 0.0976. The Hall–Kier alpha value is -0.900. The second kappa shape index (κ2) is 7.39. The Morgan fingerprint density at radius 1 is 1.10 bits per heavy atom. The topological polar surface area (TPSA) is 33.2 Å². The number of thiazole rings is 1. The highest BCUT2D eigenvalue weighted by atomic mass is 32.1. The molecule has 118 valence electrons. The molecule has 1 aliphatic carbocycles. The molecule has 1 heterocycles. The second-order valence-electron chi connectivity index (χ2n) is 6.90. The predicted octanol–water partition coefficient (Wildman–Crippen LogP) is 4.56. The van der Waals surface area contributed by atoms with E-state index in [1.807, 2.05) is 0 Å². The number of ketones is 1. The molecular weight excluding hydrogens is 280 g/mol. The number of Topliss-reactive ketones (excluding diaryl/α,β-unsaturated/α-hetero) is 1. The van der Waals surface area contributed by atoms with Crippen molar-refractivity contribution in [2.24, 2.45) is 11.8 Å². The summed E-state index contributed by atoms with van der Waals surface area (Å²) in [5.41, 5.74) is 1.05. The maximum absolute atomic E-state index is 12.0. The molecule has 1 aromatic rings. The van der Waals surface area contributed by atoms with E-state index in [1.165, 1.54) is 12.8 Å². The van der Waals surface area contributed by atoms with Crippen LogP contribution < -0.4 is 4.90 Å². The average Bonchev–Trinajstić information content (AvgIpc) is 2.83. The first-order valence-electron chi connectivity index (χ1n) is 8.25. The molecule has 0 spiro atoms. The van der Waals surface area contributed by atoms with Gasteiger partial charge in [-0.25, -0.2) is 4.98 Å². The number of aryl methyl sites for hydroxylation is 1. The van der Waals surface area contributed by atoms with Crippen LogP contribution in [-0.2, 0) is 6.42 Å². The molecule has 0 aliphatic heterocycles. The number of anilines is 1. The van der Waals surface area contributed by atoms with Gasteiger partial charge in [-0.05, 0) is 37.5 Å². The SMILES string of the molecule is CC(C)CCN(CCC(C)C)c1nc2c(s1)C(=O)CCC2. The zero-order valence-corrected chi connectivity index (χ0v) is 14.6. The molecular formula is C17H28N2OS. The van der Waals surface area contributed by atoms with Crippen LogP contribution in [0.4, 0.5) is 5.13 Å². The summed E-state index contributed by atoms with van der Waals surface area (Å²) < 4.78 is 0. The number of aromatic nitrogens is 1. The summed E-state index contributed by atoms with van der Waals surface area (Å²) in [5, 5.41) is 1.07. The fraction of sp³-hybridized carbons (Fsp3) is 0.765. The van der Waals surface area contributed by atoms with Crippen molar-refractivity contribution in [3.05, 3.63) is 10.6 Å². The lowest BCUT2D eigenvalue weighted by Gasteiger charge is -2.23. The van der Waals surface area contributed by atoms with Crippen molar-refractivity contribution in [3.8, 4) is 0 Å². The second-order valence-corrected chi connectivity index (χ2v) is 7.88. The molecule has 0 aromatic carbocycles. The third-order valence-electron chi connectivity index (χ3n) is 3.98. The molecule has 0 saturated heterocycles. The maximum Gasteiger partial charge on any atom is 0.186 e. The van der Waals surface area contributed by atoms with Gasteiger partial charge in [0.2, 0.25) is 0 Å². The van der Waals surface area contributed by atoms with E-state index in [4.69, 9.17) is 4.98 Å². The van der Waals surface area contributed by atoms with Crippen LogP contribution in [0.5, 0.6) is 0 Å². The van der Waals surface area contributed by atoms with Crippen molar-refractivity contribution in [1.82, 2.24) is 4.98 Å². The van der Waals surface area contributed by atoms with Crippen molar-refractivity contribution < 1.29 is 4.79 Å². The van der Waals surface area contributed by atoms with E-state index in [9.17, 15) is 4.79 Å². The number of hydrogen-bond donors (Lipinski definition) is 0. The first kappa shape index (κ1) is 16.5. The van der Waals surface area contributed by atoms with Crippen LogP contribution in [0.25, 0.3) is 0 Å². The number of rotatable bonds is 7. The largest absolute Gasteiger partial charge is 0.348 e. The lowest BCUT2D eigenvalue weighted by atomic mass is 10.0. The Balaban J connectivity index is 2.13. The van der Waals surface area contributed by atoms with Gasteiger partial charge in [-0.15, -0.1) is 0 Å². The van der Waals surface area contributed by atoms with E-state index in [-0.39, 0.29) is 0 Å². The average molecular weight is 308 g/mol. The number of hydrogen-bond acceptors (Lipinski definition) is 4.